The van der Waals surface area contributed by atoms with Crippen LogP contribution < -0.4 is 15.4 Å². The van der Waals surface area contributed by atoms with E-state index in [1.165, 1.54) is 12.1 Å². The van der Waals surface area contributed by atoms with Crippen molar-refractivity contribution in [1.82, 2.24) is 10.6 Å². The average molecular weight is 466 g/mol. The van der Waals surface area contributed by atoms with E-state index in [1.807, 2.05) is 42.5 Å². The van der Waals surface area contributed by atoms with E-state index in [2.05, 4.69) is 10.6 Å². The van der Waals surface area contributed by atoms with Gasteiger partial charge in [-0.1, -0.05) is 54.1 Å². The van der Waals surface area contributed by atoms with Crippen LogP contribution in [-0.4, -0.2) is 22.7 Å². The molecule has 1 heterocycles. The lowest BCUT2D eigenvalue weighted by molar-refractivity contribution is -0.386. The number of nitrogens with one attached hydrogen (secondary N) is 2. The SMILES string of the molecule is CCOc1cc(C2NC(=O)NC(c3ccccc3)=C2c2ccc(Cl)cc2)cc([N+](=O)[O-])c1O. The fourth-order valence-electron chi connectivity index (χ4n) is 3.77. The van der Waals surface area contributed by atoms with Crippen LogP contribution in [0.2, 0.25) is 5.02 Å². The van der Waals surface area contributed by atoms with Crippen LogP contribution in [0.4, 0.5) is 10.5 Å². The van der Waals surface area contributed by atoms with E-state index >= 15 is 0 Å². The van der Waals surface area contributed by atoms with Crippen molar-refractivity contribution in [2.75, 3.05) is 6.61 Å². The van der Waals surface area contributed by atoms with Gasteiger partial charge < -0.3 is 20.5 Å². The molecule has 3 aromatic rings. The Labute approximate surface area is 194 Å². The fourth-order valence-corrected chi connectivity index (χ4v) is 3.90. The highest BCUT2D eigenvalue weighted by Crippen LogP contribution is 2.44. The van der Waals surface area contributed by atoms with Crippen molar-refractivity contribution in [1.29, 1.82) is 0 Å². The summed E-state index contributed by atoms with van der Waals surface area (Å²) >= 11 is 6.09. The molecule has 2 amide bonds. The highest BCUT2D eigenvalue weighted by atomic mass is 35.5. The molecule has 0 saturated carbocycles. The first kappa shape index (κ1) is 22.2. The fraction of sp³-hybridized carbons (Fsp3) is 0.125. The van der Waals surface area contributed by atoms with E-state index in [0.29, 0.717) is 21.9 Å². The molecule has 1 unspecified atom stereocenters. The normalized spacial score (nSPS) is 15.6. The van der Waals surface area contributed by atoms with Gasteiger partial charge in [0.15, 0.2) is 5.75 Å². The molecule has 1 aliphatic rings. The minimum absolute atomic E-state index is 0.0359. The molecule has 0 aliphatic carbocycles. The van der Waals surface area contributed by atoms with Crippen LogP contribution in [0.1, 0.15) is 29.7 Å². The predicted octanol–water partition coefficient (Wildman–Crippen LogP) is 5.27. The molecule has 4 rings (SSSR count). The summed E-state index contributed by atoms with van der Waals surface area (Å²) in [7, 11) is 0. The number of nitro groups is 1. The van der Waals surface area contributed by atoms with Gasteiger partial charge in [-0.2, -0.15) is 0 Å². The summed E-state index contributed by atoms with van der Waals surface area (Å²) < 4.78 is 5.44. The van der Waals surface area contributed by atoms with Gasteiger partial charge in [0.2, 0.25) is 5.75 Å². The Hall–Kier alpha value is -4.04. The van der Waals surface area contributed by atoms with Crippen LogP contribution in [-0.2, 0) is 0 Å². The summed E-state index contributed by atoms with van der Waals surface area (Å²) in [6.07, 6.45) is 0. The molecule has 1 aliphatic heterocycles. The van der Waals surface area contributed by atoms with E-state index in [4.69, 9.17) is 16.3 Å². The number of phenols is 1. The van der Waals surface area contributed by atoms with Crippen LogP contribution in [0.3, 0.4) is 0 Å². The maximum atomic E-state index is 12.7. The second-order valence-corrected chi connectivity index (χ2v) is 7.71. The Morgan fingerprint density at radius 2 is 1.79 bits per heavy atom. The summed E-state index contributed by atoms with van der Waals surface area (Å²) in [6, 6.07) is 17.9. The van der Waals surface area contributed by atoms with E-state index < -0.39 is 28.4 Å². The number of hydrogen-bond acceptors (Lipinski definition) is 5. The monoisotopic (exact) mass is 465 g/mol. The zero-order valence-corrected chi connectivity index (χ0v) is 18.3. The molecule has 3 N–H and O–H groups in total. The Bertz CT molecular complexity index is 1240. The zero-order valence-electron chi connectivity index (χ0n) is 17.5. The van der Waals surface area contributed by atoms with Gasteiger partial charge >= 0.3 is 11.7 Å². The second kappa shape index (κ2) is 9.22. The summed E-state index contributed by atoms with van der Waals surface area (Å²) in [5.41, 5.74) is 2.63. The number of carbonyl (C=O) groups excluding carboxylic acids is 1. The molecule has 1 atom stereocenters. The first-order valence-corrected chi connectivity index (χ1v) is 10.5. The summed E-state index contributed by atoms with van der Waals surface area (Å²) in [5.74, 6) is -0.600. The zero-order chi connectivity index (χ0) is 23.5. The molecule has 168 valence electrons. The van der Waals surface area contributed by atoms with E-state index in [-0.39, 0.29) is 12.4 Å². The van der Waals surface area contributed by atoms with Gasteiger partial charge in [-0.15, -0.1) is 0 Å². The smallest absolute Gasteiger partial charge is 0.320 e. The molecule has 0 saturated heterocycles. The van der Waals surface area contributed by atoms with E-state index in [9.17, 15) is 20.0 Å². The molecule has 0 fully saturated rings. The van der Waals surface area contributed by atoms with Crippen molar-refractivity contribution < 1.29 is 19.6 Å². The van der Waals surface area contributed by atoms with E-state index in [1.54, 1.807) is 19.1 Å². The lowest BCUT2D eigenvalue weighted by Crippen LogP contribution is -2.43. The van der Waals surface area contributed by atoms with Crippen molar-refractivity contribution in [2.45, 2.75) is 13.0 Å². The predicted molar refractivity (Wildman–Crippen MR) is 125 cm³/mol. The third-order valence-corrected chi connectivity index (χ3v) is 5.45. The number of rotatable bonds is 6. The van der Waals surface area contributed by atoms with Crippen molar-refractivity contribution in [3.05, 3.63) is 98.6 Å². The van der Waals surface area contributed by atoms with Gasteiger partial charge in [0, 0.05) is 16.7 Å². The van der Waals surface area contributed by atoms with Crippen molar-refractivity contribution in [2.24, 2.45) is 0 Å². The van der Waals surface area contributed by atoms with Crippen LogP contribution >= 0.6 is 11.6 Å². The maximum Gasteiger partial charge on any atom is 0.320 e. The van der Waals surface area contributed by atoms with Crippen LogP contribution in [0.15, 0.2) is 66.7 Å². The summed E-state index contributed by atoms with van der Waals surface area (Å²) in [5, 5.41) is 28.2. The van der Waals surface area contributed by atoms with Gasteiger partial charge in [0.25, 0.3) is 0 Å². The number of nitro benzene ring substituents is 1. The third kappa shape index (κ3) is 4.47. The van der Waals surface area contributed by atoms with Crippen molar-refractivity contribution in [3.63, 3.8) is 0 Å². The highest BCUT2D eigenvalue weighted by molar-refractivity contribution is 6.30. The molecular weight excluding hydrogens is 446 g/mol. The number of benzene rings is 3. The Kier molecular flexibility index (Phi) is 6.19. The molecule has 0 bridgehead atoms. The summed E-state index contributed by atoms with van der Waals surface area (Å²) in [6.45, 7) is 1.90. The molecule has 0 spiro atoms. The minimum Gasteiger partial charge on any atom is -0.500 e. The standard InChI is InChI=1S/C24H20ClN3O5/c1-2-33-19-13-16(12-18(23(19)29)28(31)32)22-20(14-8-10-17(25)11-9-14)21(26-24(30)27-22)15-6-4-3-5-7-15/h3-13,22,29H,2H2,1H3,(H2,26,27,30). The number of ether oxygens (including phenoxy) is 1. The number of nitrogens with zero attached hydrogens (tertiary/aromatic N) is 1. The highest BCUT2D eigenvalue weighted by Gasteiger charge is 2.33. The quantitative estimate of drug-likeness (QED) is 0.338. The van der Waals surface area contributed by atoms with Crippen molar-refractivity contribution >= 4 is 34.6 Å². The Morgan fingerprint density at radius 3 is 2.42 bits per heavy atom. The van der Waals surface area contributed by atoms with Gasteiger partial charge in [-0.05, 0) is 41.8 Å². The van der Waals surface area contributed by atoms with Crippen molar-refractivity contribution in [3.8, 4) is 11.5 Å². The summed E-state index contributed by atoms with van der Waals surface area (Å²) in [4.78, 5) is 23.6. The molecule has 0 aromatic heterocycles. The topological polar surface area (TPSA) is 114 Å². The molecule has 8 nitrogen and oxygen atoms in total. The second-order valence-electron chi connectivity index (χ2n) is 7.27. The molecule has 33 heavy (non-hydrogen) atoms. The number of phenolic OH excluding ortho intramolecular Hbond substituents is 1. The number of aromatic hydroxyl groups is 1. The lowest BCUT2D eigenvalue weighted by atomic mass is 9.87. The minimum atomic E-state index is -0.770. The first-order chi connectivity index (χ1) is 15.9. The molecule has 9 heteroatoms. The Balaban J connectivity index is 1.99. The van der Waals surface area contributed by atoms with Crippen LogP contribution in [0.25, 0.3) is 11.3 Å². The van der Waals surface area contributed by atoms with Gasteiger partial charge in [0.05, 0.1) is 23.3 Å². The van der Waals surface area contributed by atoms with Gasteiger partial charge in [0.1, 0.15) is 0 Å². The van der Waals surface area contributed by atoms with Crippen LogP contribution in [0.5, 0.6) is 11.5 Å². The number of carbonyl (C=O) groups is 1. The molecule has 0 radical (unpaired) electrons. The van der Waals surface area contributed by atoms with Gasteiger partial charge in [-0.25, -0.2) is 4.79 Å². The third-order valence-electron chi connectivity index (χ3n) is 5.20. The number of amides is 2. The number of urea groups is 1. The first-order valence-electron chi connectivity index (χ1n) is 10.2. The van der Waals surface area contributed by atoms with E-state index in [0.717, 1.165) is 11.1 Å². The average Bonchev–Trinajstić information content (AvgIpc) is 2.81. The lowest BCUT2D eigenvalue weighted by Gasteiger charge is -2.31. The molecule has 3 aromatic carbocycles. The largest absolute Gasteiger partial charge is 0.500 e. The number of halogens is 1. The Morgan fingerprint density at radius 1 is 1.09 bits per heavy atom. The maximum absolute atomic E-state index is 12.7. The van der Waals surface area contributed by atoms with Gasteiger partial charge in [-0.3, -0.25) is 10.1 Å². The molecular formula is C24H20ClN3O5. The van der Waals surface area contributed by atoms with Crippen LogP contribution in [0, 0.1) is 10.1 Å². The number of hydrogen-bond donors (Lipinski definition) is 3.